The van der Waals surface area contributed by atoms with Gasteiger partial charge in [0.1, 0.15) is 22.9 Å². The predicted octanol–water partition coefficient (Wildman–Crippen LogP) is 6.08. The number of nitrogens with zero attached hydrogens (tertiary/aromatic N) is 2. The summed E-state index contributed by atoms with van der Waals surface area (Å²) >= 11 is 0. The number of fused-ring (bicyclic) bond motifs is 1. The van der Waals surface area contributed by atoms with Crippen LogP contribution in [0.4, 0.5) is 11.5 Å². The van der Waals surface area contributed by atoms with E-state index in [2.05, 4.69) is 60.8 Å². The van der Waals surface area contributed by atoms with Crippen LogP contribution in [0.25, 0.3) is 17.1 Å². The van der Waals surface area contributed by atoms with Gasteiger partial charge in [0.2, 0.25) is 0 Å². The molecule has 4 heteroatoms. The molecule has 0 unspecified atom stereocenters. The van der Waals surface area contributed by atoms with Crippen molar-refractivity contribution in [2.24, 2.45) is 0 Å². The van der Waals surface area contributed by atoms with Crippen molar-refractivity contribution >= 4 is 17.2 Å². The van der Waals surface area contributed by atoms with Gasteiger partial charge in [-0.05, 0) is 61.2 Å². The number of nitrogens with one attached hydrogen (secondary N) is 1. The zero-order valence-corrected chi connectivity index (χ0v) is 15.6. The van der Waals surface area contributed by atoms with Crippen LogP contribution in [0.1, 0.15) is 36.7 Å². The fourth-order valence-corrected chi connectivity index (χ4v) is 3.15. The molecule has 1 aromatic carbocycles. The molecular weight excluding hydrogens is 322 g/mol. The molecule has 0 aliphatic heterocycles. The van der Waals surface area contributed by atoms with Crippen LogP contribution in [0.2, 0.25) is 0 Å². The average Bonchev–Trinajstić information content (AvgIpc) is 3.20. The minimum absolute atomic E-state index is 0.518. The van der Waals surface area contributed by atoms with Gasteiger partial charge in [-0.1, -0.05) is 32.0 Å². The van der Waals surface area contributed by atoms with Crippen molar-refractivity contribution in [1.82, 2.24) is 9.38 Å². The van der Waals surface area contributed by atoms with E-state index in [0.29, 0.717) is 5.92 Å². The van der Waals surface area contributed by atoms with Crippen molar-refractivity contribution in [2.45, 2.75) is 33.6 Å². The number of furan rings is 1. The molecular formula is C22H23N3O. The van der Waals surface area contributed by atoms with E-state index in [1.54, 1.807) is 0 Å². The van der Waals surface area contributed by atoms with E-state index in [4.69, 9.17) is 9.40 Å². The first-order valence-corrected chi connectivity index (χ1v) is 8.94. The van der Waals surface area contributed by atoms with Crippen LogP contribution in [0, 0.1) is 13.8 Å². The maximum atomic E-state index is 5.85. The van der Waals surface area contributed by atoms with Gasteiger partial charge in [-0.25, -0.2) is 4.98 Å². The molecule has 3 heterocycles. The van der Waals surface area contributed by atoms with E-state index in [9.17, 15) is 0 Å². The van der Waals surface area contributed by atoms with Gasteiger partial charge in [-0.3, -0.25) is 4.40 Å². The number of imidazole rings is 1. The number of anilines is 2. The minimum atomic E-state index is 0.518. The Morgan fingerprint density at radius 1 is 1.00 bits per heavy atom. The van der Waals surface area contributed by atoms with Gasteiger partial charge in [0.15, 0.2) is 5.76 Å². The summed E-state index contributed by atoms with van der Waals surface area (Å²) in [6, 6.07) is 16.6. The van der Waals surface area contributed by atoms with Gasteiger partial charge in [0.25, 0.3) is 0 Å². The molecule has 3 aromatic heterocycles. The average molecular weight is 345 g/mol. The third-order valence-corrected chi connectivity index (χ3v) is 4.66. The molecule has 4 rings (SSSR count). The van der Waals surface area contributed by atoms with Crippen LogP contribution >= 0.6 is 0 Å². The second-order valence-corrected chi connectivity index (χ2v) is 7.01. The van der Waals surface area contributed by atoms with Gasteiger partial charge < -0.3 is 9.73 Å². The molecule has 132 valence electrons. The fourth-order valence-electron chi connectivity index (χ4n) is 3.15. The molecule has 1 N–H and O–H groups in total. The van der Waals surface area contributed by atoms with E-state index < -0.39 is 0 Å². The summed E-state index contributed by atoms with van der Waals surface area (Å²) in [4.78, 5) is 4.84. The standard InChI is InChI=1S/C22H23N3O/c1-14(2)17-8-10-18(11-9-17)23-22-20(19-12-7-16(4)26-19)24-21-15(3)6-5-13-25(21)22/h5-14,23H,1-4H3. The zero-order chi connectivity index (χ0) is 18.3. The van der Waals surface area contributed by atoms with E-state index in [1.165, 1.54) is 5.56 Å². The Hall–Kier alpha value is -3.01. The lowest BCUT2D eigenvalue weighted by Crippen LogP contribution is -1.97. The van der Waals surface area contributed by atoms with Crippen LogP contribution in [0.3, 0.4) is 0 Å². The highest BCUT2D eigenvalue weighted by Crippen LogP contribution is 2.33. The van der Waals surface area contributed by atoms with E-state index in [0.717, 1.165) is 39.9 Å². The van der Waals surface area contributed by atoms with Crippen LogP contribution in [0.5, 0.6) is 0 Å². The largest absolute Gasteiger partial charge is 0.460 e. The maximum absolute atomic E-state index is 5.85. The molecule has 0 aliphatic rings. The lowest BCUT2D eigenvalue weighted by atomic mass is 10.0. The van der Waals surface area contributed by atoms with Crippen molar-refractivity contribution in [2.75, 3.05) is 5.32 Å². The number of aromatic nitrogens is 2. The molecule has 0 saturated carbocycles. The summed E-state index contributed by atoms with van der Waals surface area (Å²) in [6.45, 7) is 8.42. The summed E-state index contributed by atoms with van der Waals surface area (Å²) < 4.78 is 7.93. The Balaban J connectivity index is 1.83. The Morgan fingerprint density at radius 2 is 1.77 bits per heavy atom. The zero-order valence-electron chi connectivity index (χ0n) is 15.6. The van der Waals surface area contributed by atoms with Crippen LogP contribution < -0.4 is 5.32 Å². The SMILES string of the molecule is Cc1ccc(-c2nc3c(C)cccn3c2Nc2ccc(C(C)C)cc2)o1. The summed E-state index contributed by atoms with van der Waals surface area (Å²) in [5.41, 5.74) is 5.23. The van der Waals surface area contributed by atoms with Gasteiger partial charge >= 0.3 is 0 Å². The Bertz CT molecular complexity index is 1050. The fraction of sp³-hybridized carbons (Fsp3) is 0.227. The summed E-state index contributed by atoms with van der Waals surface area (Å²) in [6.07, 6.45) is 2.03. The molecule has 0 fully saturated rings. The predicted molar refractivity (Wildman–Crippen MR) is 106 cm³/mol. The van der Waals surface area contributed by atoms with Crippen LogP contribution in [-0.4, -0.2) is 9.38 Å². The third-order valence-electron chi connectivity index (χ3n) is 4.66. The number of rotatable bonds is 4. The highest BCUT2D eigenvalue weighted by molar-refractivity contribution is 5.78. The lowest BCUT2D eigenvalue weighted by molar-refractivity contribution is 0.547. The maximum Gasteiger partial charge on any atom is 0.156 e. The quantitative estimate of drug-likeness (QED) is 0.487. The molecule has 4 nitrogen and oxygen atoms in total. The molecule has 4 aromatic rings. The Kier molecular flexibility index (Phi) is 4.03. The van der Waals surface area contributed by atoms with Crippen molar-refractivity contribution in [3.8, 4) is 11.5 Å². The normalized spacial score (nSPS) is 11.4. The van der Waals surface area contributed by atoms with Gasteiger partial charge in [-0.15, -0.1) is 0 Å². The number of hydrogen-bond donors (Lipinski definition) is 1. The van der Waals surface area contributed by atoms with E-state index in [-0.39, 0.29) is 0 Å². The van der Waals surface area contributed by atoms with Gasteiger partial charge in [0, 0.05) is 11.9 Å². The van der Waals surface area contributed by atoms with Crippen molar-refractivity contribution in [3.05, 3.63) is 71.6 Å². The molecule has 0 bridgehead atoms. The molecule has 0 spiro atoms. The van der Waals surface area contributed by atoms with Crippen molar-refractivity contribution in [3.63, 3.8) is 0 Å². The molecule has 0 saturated heterocycles. The Labute approximate surface area is 153 Å². The molecule has 0 atom stereocenters. The lowest BCUT2D eigenvalue weighted by Gasteiger charge is -2.10. The Morgan fingerprint density at radius 3 is 2.42 bits per heavy atom. The number of benzene rings is 1. The third kappa shape index (κ3) is 2.88. The van der Waals surface area contributed by atoms with E-state index >= 15 is 0 Å². The first kappa shape index (κ1) is 16.5. The smallest absolute Gasteiger partial charge is 0.156 e. The monoisotopic (exact) mass is 345 g/mol. The van der Waals surface area contributed by atoms with E-state index in [1.807, 2.05) is 31.3 Å². The highest BCUT2D eigenvalue weighted by Gasteiger charge is 2.18. The van der Waals surface area contributed by atoms with Gasteiger partial charge in [-0.2, -0.15) is 0 Å². The molecule has 0 amide bonds. The first-order chi connectivity index (χ1) is 12.5. The first-order valence-electron chi connectivity index (χ1n) is 8.94. The van der Waals surface area contributed by atoms with Crippen LogP contribution in [0.15, 0.2) is 59.1 Å². The number of hydrogen-bond acceptors (Lipinski definition) is 3. The summed E-state index contributed by atoms with van der Waals surface area (Å²) in [5.74, 6) is 3.08. The summed E-state index contributed by atoms with van der Waals surface area (Å²) in [5, 5.41) is 3.54. The molecule has 0 radical (unpaired) electrons. The minimum Gasteiger partial charge on any atom is -0.460 e. The summed E-state index contributed by atoms with van der Waals surface area (Å²) in [7, 11) is 0. The number of pyridine rings is 1. The van der Waals surface area contributed by atoms with Crippen molar-refractivity contribution < 1.29 is 4.42 Å². The molecule has 0 aliphatic carbocycles. The van der Waals surface area contributed by atoms with Gasteiger partial charge in [0.05, 0.1) is 0 Å². The topological polar surface area (TPSA) is 42.5 Å². The van der Waals surface area contributed by atoms with Crippen LogP contribution in [-0.2, 0) is 0 Å². The second kappa shape index (κ2) is 6.37. The van der Waals surface area contributed by atoms with Crippen molar-refractivity contribution in [1.29, 1.82) is 0 Å². The second-order valence-electron chi connectivity index (χ2n) is 7.01. The highest BCUT2D eigenvalue weighted by atomic mass is 16.3. The molecule has 26 heavy (non-hydrogen) atoms. The number of aryl methyl sites for hydroxylation is 2.